The van der Waals surface area contributed by atoms with Crippen molar-refractivity contribution in [2.24, 2.45) is 11.8 Å². The molecule has 4 heteroatoms. The van der Waals surface area contributed by atoms with Crippen LogP contribution in [0, 0.1) is 25.7 Å². The summed E-state index contributed by atoms with van der Waals surface area (Å²) in [5.74, 6) is 1.20. The summed E-state index contributed by atoms with van der Waals surface area (Å²) >= 11 is 12.6. The van der Waals surface area contributed by atoms with E-state index in [1.165, 1.54) is 22.3 Å². The smallest absolute Gasteiger partial charge is 0.0445 e. The molecule has 4 atom stereocenters. The number of benzene rings is 2. The van der Waals surface area contributed by atoms with Crippen LogP contribution in [0.1, 0.15) is 54.5 Å². The largest absolute Gasteiger partial charge is 0.396 e. The number of rotatable bonds is 5. The first kappa shape index (κ1) is 20.7. The van der Waals surface area contributed by atoms with Crippen molar-refractivity contribution in [1.82, 2.24) is 5.32 Å². The maximum absolute atomic E-state index is 9.65. The van der Waals surface area contributed by atoms with Gasteiger partial charge in [-0.3, -0.25) is 0 Å². The Morgan fingerprint density at radius 2 is 1.63 bits per heavy atom. The molecule has 0 bridgehead atoms. The zero-order chi connectivity index (χ0) is 19.7. The Kier molecular flexibility index (Phi) is 6.53. The molecule has 0 spiro atoms. The van der Waals surface area contributed by atoms with Crippen molar-refractivity contribution in [3.63, 3.8) is 0 Å². The van der Waals surface area contributed by atoms with E-state index in [2.05, 4.69) is 57.3 Å². The van der Waals surface area contributed by atoms with E-state index in [1.807, 2.05) is 12.1 Å². The highest BCUT2D eigenvalue weighted by molar-refractivity contribution is 6.31. The predicted octanol–water partition coefficient (Wildman–Crippen LogP) is 6.06. The fourth-order valence-corrected chi connectivity index (χ4v) is 5.25. The lowest BCUT2D eigenvalue weighted by Crippen LogP contribution is -2.31. The molecule has 2 N–H and O–H groups in total. The third-order valence-corrected chi connectivity index (χ3v) is 6.48. The molecule has 0 radical (unpaired) electrons. The van der Waals surface area contributed by atoms with Gasteiger partial charge in [-0.1, -0.05) is 49.2 Å². The summed E-state index contributed by atoms with van der Waals surface area (Å²) in [6.45, 7) is 9.03. The van der Waals surface area contributed by atoms with Gasteiger partial charge in [0, 0.05) is 34.7 Å². The molecule has 0 aromatic heterocycles. The van der Waals surface area contributed by atoms with Crippen LogP contribution in [0.2, 0.25) is 10.0 Å². The molecule has 1 saturated heterocycles. The molecule has 0 aliphatic carbocycles. The number of halogens is 2. The molecule has 146 valence electrons. The second-order valence-electron chi connectivity index (χ2n) is 8.11. The number of aliphatic hydroxyl groups is 1. The zero-order valence-corrected chi connectivity index (χ0v) is 18.0. The lowest BCUT2D eigenvalue weighted by Gasteiger charge is -2.31. The lowest BCUT2D eigenvalue weighted by molar-refractivity contribution is 0.231. The quantitative estimate of drug-likeness (QED) is 0.633. The summed E-state index contributed by atoms with van der Waals surface area (Å²) in [6.07, 6.45) is 0.752. The number of hydrogen-bond acceptors (Lipinski definition) is 2. The van der Waals surface area contributed by atoms with Gasteiger partial charge in [0.05, 0.1) is 0 Å². The average molecular weight is 406 g/mol. The second kappa shape index (κ2) is 8.53. The van der Waals surface area contributed by atoms with Crippen LogP contribution in [-0.4, -0.2) is 17.8 Å². The van der Waals surface area contributed by atoms with E-state index in [-0.39, 0.29) is 18.7 Å². The molecule has 2 aromatic rings. The summed E-state index contributed by atoms with van der Waals surface area (Å²) in [7, 11) is 0. The Balaban J connectivity index is 2.15. The maximum atomic E-state index is 9.65. The molecule has 1 heterocycles. The molecular formula is C23H29Cl2NO. The van der Waals surface area contributed by atoms with Crippen LogP contribution >= 0.6 is 23.2 Å². The van der Waals surface area contributed by atoms with Gasteiger partial charge >= 0.3 is 0 Å². The second-order valence-corrected chi connectivity index (χ2v) is 8.98. The predicted molar refractivity (Wildman–Crippen MR) is 115 cm³/mol. The van der Waals surface area contributed by atoms with Gasteiger partial charge in [0.2, 0.25) is 0 Å². The normalized spacial score (nSPS) is 25.3. The van der Waals surface area contributed by atoms with Gasteiger partial charge in [0.25, 0.3) is 0 Å². The van der Waals surface area contributed by atoms with Crippen molar-refractivity contribution in [3.05, 3.63) is 68.7 Å². The topological polar surface area (TPSA) is 32.3 Å². The van der Waals surface area contributed by atoms with Gasteiger partial charge in [0.1, 0.15) is 0 Å². The van der Waals surface area contributed by atoms with Crippen LogP contribution in [0.15, 0.2) is 36.4 Å². The summed E-state index contributed by atoms with van der Waals surface area (Å²) in [5, 5.41) is 15.0. The van der Waals surface area contributed by atoms with Gasteiger partial charge in [-0.15, -0.1) is 0 Å². The molecule has 1 aliphatic rings. The highest BCUT2D eigenvalue weighted by atomic mass is 35.5. The first-order valence-corrected chi connectivity index (χ1v) is 10.5. The van der Waals surface area contributed by atoms with Gasteiger partial charge in [-0.05, 0) is 78.6 Å². The molecule has 2 nitrogen and oxygen atoms in total. The Morgan fingerprint density at radius 3 is 2.26 bits per heavy atom. The lowest BCUT2D eigenvalue weighted by atomic mass is 9.72. The summed E-state index contributed by atoms with van der Waals surface area (Å²) in [4.78, 5) is 0. The van der Waals surface area contributed by atoms with E-state index >= 15 is 0 Å². The van der Waals surface area contributed by atoms with Crippen molar-refractivity contribution in [3.8, 4) is 0 Å². The van der Waals surface area contributed by atoms with Gasteiger partial charge in [0.15, 0.2) is 0 Å². The van der Waals surface area contributed by atoms with E-state index in [1.54, 1.807) is 0 Å². The highest BCUT2D eigenvalue weighted by Crippen LogP contribution is 2.50. The average Bonchev–Trinajstić information content (AvgIpc) is 2.96. The maximum Gasteiger partial charge on any atom is 0.0445 e. The van der Waals surface area contributed by atoms with Crippen molar-refractivity contribution in [2.45, 2.75) is 52.1 Å². The summed E-state index contributed by atoms with van der Waals surface area (Å²) in [6, 6.07) is 12.8. The Labute approximate surface area is 172 Å². The molecular weight excluding hydrogens is 377 g/mol. The molecule has 0 amide bonds. The monoisotopic (exact) mass is 405 g/mol. The van der Waals surface area contributed by atoms with E-state index in [0.29, 0.717) is 17.8 Å². The van der Waals surface area contributed by atoms with Crippen LogP contribution in [-0.2, 0) is 0 Å². The SMILES string of the molecule is Cc1ccc(Cl)cc1C1NC(CCO)C(C(C)C)C1c1ccc(Cl)cc1C. The molecule has 1 fully saturated rings. The standard InChI is InChI=1S/C23H29Cl2NO/c1-13(2)21-20(9-10-27)26-23(19-12-17(25)6-5-14(19)3)22(21)18-8-7-16(24)11-15(18)4/h5-8,11-13,20-23,26-27H,9-10H2,1-4H3. The van der Waals surface area contributed by atoms with Gasteiger partial charge < -0.3 is 10.4 Å². The summed E-state index contributed by atoms with van der Waals surface area (Å²) < 4.78 is 0. The number of hydrogen-bond donors (Lipinski definition) is 2. The van der Waals surface area contributed by atoms with Crippen molar-refractivity contribution < 1.29 is 5.11 Å². The third kappa shape index (κ3) is 4.19. The van der Waals surface area contributed by atoms with Crippen LogP contribution in [0.3, 0.4) is 0 Å². The number of aryl methyl sites for hydroxylation is 2. The van der Waals surface area contributed by atoms with Gasteiger partial charge in [-0.25, -0.2) is 0 Å². The van der Waals surface area contributed by atoms with Crippen LogP contribution in [0.25, 0.3) is 0 Å². The van der Waals surface area contributed by atoms with Crippen molar-refractivity contribution >= 4 is 23.2 Å². The van der Waals surface area contributed by atoms with Crippen LogP contribution < -0.4 is 5.32 Å². The fraction of sp³-hybridized carbons (Fsp3) is 0.478. The minimum Gasteiger partial charge on any atom is -0.396 e. The zero-order valence-electron chi connectivity index (χ0n) is 16.5. The van der Waals surface area contributed by atoms with E-state index in [9.17, 15) is 5.11 Å². The third-order valence-electron chi connectivity index (χ3n) is 6.01. The van der Waals surface area contributed by atoms with Gasteiger partial charge in [-0.2, -0.15) is 0 Å². The van der Waals surface area contributed by atoms with Crippen LogP contribution in [0.4, 0.5) is 0 Å². The minimum absolute atomic E-state index is 0.160. The minimum atomic E-state index is 0.160. The molecule has 4 unspecified atom stereocenters. The molecule has 0 saturated carbocycles. The fourth-order valence-electron chi connectivity index (χ4n) is 4.84. The van der Waals surface area contributed by atoms with E-state index < -0.39 is 0 Å². The van der Waals surface area contributed by atoms with Crippen molar-refractivity contribution in [2.75, 3.05) is 6.61 Å². The Morgan fingerprint density at radius 1 is 0.963 bits per heavy atom. The van der Waals surface area contributed by atoms with Crippen LogP contribution in [0.5, 0.6) is 0 Å². The first-order valence-electron chi connectivity index (χ1n) is 9.72. The number of nitrogens with one attached hydrogen (secondary N) is 1. The molecule has 2 aromatic carbocycles. The molecule has 3 rings (SSSR count). The number of aliphatic hydroxyl groups excluding tert-OH is 1. The highest BCUT2D eigenvalue weighted by Gasteiger charge is 2.45. The van der Waals surface area contributed by atoms with E-state index in [0.717, 1.165) is 16.5 Å². The Hall–Kier alpha value is -1.06. The molecule has 1 aliphatic heterocycles. The van der Waals surface area contributed by atoms with Crippen molar-refractivity contribution in [1.29, 1.82) is 0 Å². The summed E-state index contributed by atoms with van der Waals surface area (Å²) in [5.41, 5.74) is 5.03. The molecule has 27 heavy (non-hydrogen) atoms. The van der Waals surface area contributed by atoms with E-state index in [4.69, 9.17) is 23.2 Å². The first-order chi connectivity index (χ1) is 12.8. The Bertz CT molecular complexity index is 805.